The first-order valence-corrected chi connectivity index (χ1v) is 8.08. The molecule has 0 amide bonds. The molecule has 0 aliphatic carbocycles. The number of halogens is 2. The van der Waals surface area contributed by atoms with Crippen LogP contribution in [0.2, 0.25) is 0 Å². The van der Waals surface area contributed by atoms with Crippen LogP contribution in [-0.2, 0) is 17.6 Å². The highest BCUT2D eigenvalue weighted by Crippen LogP contribution is 2.25. The van der Waals surface area contributed by atoms with E-state index < -0.39 is 5.97 Å². The molecule has 0 bridgehead atoms. The molecule has 0 saturated carbocycles. The molecule has 0 aromatic heterocycles. The number of hydrogen-bond donors (Lipinski definition) is 2. The van der Waals surface area contributed by atoms with Crippen molar-refractivity contribution in [2.75, 3.05) is 0 Å². The molecule has 20 heavy (non-hydrogen) atoms. The second-order valence-electron chi connectivity index (χ2n) is 4.45. The van der Waals surface area contributed by atoms with Crippen LogP contribution in [0.3, 0.4) is 0 Å². The monoisotopic (exact) mass is 494 g/mol. The van der Waals surface area contributed by atoms with E-state index in [9.17, 15) is 9.90 Å². The number of aromatic hydroxyl groups is 1. The van der Waals surface area contributed by atoms with Gasteiger partial charge in [0.2, 0.25) is 0 Å². The van der Waals surface area contributed by atoms with Crippen molar-refractivity contribution in [3.8, 4) is 5.75 Å². The van der Waals surface area contributed by atoms with Crippen molar-refractivity contribution >= 4 is 51.2 Å². The third kappa shape index (κ3) is 4.08. The normalized spacial score (nSPS) is 10.5. The van der Waals surface area contributed by atoms with E-state index in [0.717, 1.165) is 24.7 Å². The molecule has 2 rings (SSSR count). The summed E-state index contributed by atoms with van der Waals surface area (Å²) in [6.07, 6.45) is 0.815. The number of carboxylic acids is 1. The van der Waals surface area contributed by atoms with Gasteiger partial charge in [-0.05, 0) is 92.6 Å². The van der Waals surface area contributed by atoms with Crippen molar-refractivity contribution in [3.63, 3.8) is 0 Å². The maximum Gasteiger partial charge on any atom is 0.307 e. The van der Waals surface area contributed by atoms with Gasteiger partial charge < -0.3 is 10.2 Å². The van der Waals surface area contributed by atoms with Crippen molar-refractivity contribution < 1.29 is 15.0 Å². The topological polar surface area (TPSA) is 57.5 Å². The van der Waals surface area contributed by atoms with Crippen molar-refractivity contribution in [2.45, 2.75) is 12.8 Å². The Labute approximate surface area is 144 Å². The zero-order chi connectivity index (χ0) is 14.7. The number of carboxylic acid groups (broad SMARTS) is 1. The molecule has 0 saturated heterocycles. The average molecular weight is 494 g/mol. The lowest BCUT2D eigenvalue weighted by Crippen LogP contribution is -2.03. The molecule has 0 unspecified atom stereocenters. The molecule has 5 heteroatoms. The molecular weight excluding hydrogens is 482 g/mol. The van der Waals surface area contributed by atoms with Gasteiger partial charge in [-0.15, -0.1) is 0 Å². The zero-order valence-electron chi connectivity index (χ0n) is 10.4. The lowest BCUT2D eigenvalue weighted by Gasteiger charge is -2.10. The quantitative estimate of drug-likeness (QED) is 0.637. The first-order valence-electron chi connectivity index (χ1n) is 5.92. The lowest BCUT2D eigenvalue weighted by atomic mass is 10.0. The Morgan fingerprint density at radius 1 is 1.00 bits per heavy atom. The summed E-state index contributed by atoms with van der Waals surface area (Å²) in [7, 11) is 0. The van der Waals surface area contributed by atoms with Crippen molar-refractivity contribution in [3.05, 3.63) is 60.2 Å². The largest absolute Gasteiger partial charge is 0.508 e. The number of rotatable bonds is 4. The molecule has 104 valence electrons. The number of carbonyl (C=O) groups is 1. The van der Waals surface area contributed by atoms with Gasteiger partial charge in [0.15, 0.2) is 0 Å². The van der Waals surface area contributed by atoms with Crippen LogP contribution in [0.25, 0.3) is 0 Å². The molecule has 0 spiro atoms. The van der Waals surface area contributed by atoms with E-state index in [1.807, 2.05) is 24.3 Å². The average Bonchev–Trinajstić information content (AvgIpc) is 2.35. The Kier molecular flexibility index (Phi) is 5.25. The summed E-state index contributed by atoms with van der Waals surface area (Å²) in [4.78, 5) is 10.8. The molecular formula is C15H12I2O3. The number of hydrogen-bond acceptors (Lipinski definition) is 2. The van der Waals surface area contributed by atoms with Crippen LogP contribution in [0.4, 0.5) is 0 Å². The van der Waals surface area contributed by atoms with E-state index in [1.165, 1.54) is 5.56 Å². The van der Waals surface area contributed by atoms with Crippen molar-refractivity contribution in [1.82, 2.24) is 0 Å². The minimum Gasteiger partial charge on any atom is -0.508 e. The number of phenols is 1. The highest BCUT2D eigenvalue weighted by Gasteiger charge is 2.10. The summed E-state index contributed by atoms with van der Waals surface area (Å²) >= 11 is 4.49. The lowest BCUT2D eigenvalue weighted by molar-refractivity contribution is -0.136. The van der Waals surface area contributed by atoms with E-state index in [0.29, 0.717) is 0 Å². The molecule has 2 aromatic carbocycles. The molecule has 0 atom stereocenters. The van der Waals surface area contributed by atoms with Crippen molar-refractivity contribution in [1.29, 1.82) is 0 Å². The predicted octanol–water partition coefficient (Wildman–Crippen LogP) is 3.82. The molecule has 0 radical (unpaired) electrons. The van der Waals surface area contributed by atoms with Crippen LogP contribution in [0.15, 0.2) is 36.4 Å². The minimum atomic E-state index is -0.817. The Balaban J connectivity index is 2.28. The summed E-state index contributed by atoms with van der Waals surface area (Å²) in [6, 6.07) is 11.0. The smallest absolute Gasteiger partial charge is 0.307 e. The fourth-order valence-corrected chi connectivity index (χ4v) is 4.20. The van der Waals surface area contributed by atoms with E-state index >= 15 is 0 Å². The summed E-state index contributed by atoms with van der Waals surface area (Å²) in [5.74, 6) is -0.558. The second kappa shape index (κ2) is 6.75. The fourth-order valence-electron chi connectivity index (χ4n) is 1.92. The summed E-state index contributed by atoms with van der Waals surface area (Å²) in [5, 5.41) is 18.1. The molecule has 0 fully saturated rings. The van der Waals surface area contributed by atoms with Gasteiger partial charge in [0, 0.05) is 7.14 Å². The van der Waals surface area contributed by atoms with Crippen LogP contribution in [0, 0.1) is 7.14 Å². The van der Waals surface area contributed by atoms with Gasteiger partial charge in [-0.1, -0.05) is 12.1 Å². The molecule has 0 heterocycles. The zero-order valence-corrected chi connectivity index (χ0v) is 14.8. The van der Waals surface area contributed by atoms with Gasteiger partial charge in [0.25, 0.3) is 0 Å². The Hall–Kier alpha value is -0.830. The van der Waals surface area contributed by atoms with Crippen molar-refractivity contribution in [2.24, 2.45) is 0 Å². The molecule has 0 aliphatic rings. The Morgan fingerprint density at radius 2 is 1.55 bits per heavy atom. The van der Waals surface area contributed by atoms with Gasteiger partial charge in [-0.2, -0.15) is 0 Å². The third-order valence-corrected chi connectivity index (χ3v) is 4.80. The Bertz CT molecular complexity index is 613. The highest BCUT2D eigenvalue weighted by molar-refractivity contribution is 14.1. The summed E-state index contributed by atoms with van der Waals surface area (Å²) in [5.41, 5.74) is 3.12. The van der Waals surface area contributed by atoms with Gasteiger partial charge in [0.1, 0.15) is 5.75 Å². The number of benzene rings is 2. The summed E-state index contributed by atoms with van der Waals surface area (Å²) in [6.45, 7) is 0. The standard InChI is InChI=1S/C15H12I2O3/c16-13-6-10(8-15(19)20)7-14(17)12(13)5-9-1-3-11(18)4-2-9/h1-4,6-7,18H,5,8H2,(H,19,20). The van der Waals surface area contributed by atoms with Crippen LogP contribution in [0.5, 0.6) is 5.75 Å². The fraction of sp³-hybridized carbons (Fsp3) is 0.133. The minimum absolute atomic E-state index is 0.0471. The first kappa shape index (κ1) is 15.6. The first-order chi connectivity index (χ1) is 9.45. The highest BCUT2D eigenvalue weighted by atomic mass is 127. The molecule has 0 aliphatic heterocycles. The van der Waals surface area contributed by atoms with Crippen LogP contribution < -0.4 is 0 Å². The molecule has 3 nitrogen and oxygen atoms in total. The van der Waals surface area contributed by atoms with Gasteiger partial charge in [0.05, 0.1) is 6.42 Å². The van der Waals surface area contributed by atoms with E-state index in [-0.39, 0.29) is 12.2 Å². The van der Waals surface area contributed by atoms with Gasteiger partial charge in [-0.25, -0.2) is 0 Å². The summed E-state index contributed by atoms with van der Waals surface area (Å²) < 4.78 is 2.14. The molecule has 2 N–H and O–H groups in total. The number of phenolic OH excluding ortho intramolecular Hbond substituents is 1. The number of aliphatic carboxylic acids is 1. The third-order valence-electron chi connectivity index (χ3n) is 2.87. The van der Waals surface area contributed by atoms with Crippen LogP contribution in [-0.4, -0.2) is 16.2 Å². The van der Waals surface area contributed by atoms with E-state index in [4.69, 9.17) is 5.11 Å². The predicted molar refractivity (Wildman–Crippen MR) is 94.1 cm³/mol. The van der Waals surface area contributed by atoms with Gasteiger partial charge >= 0.3 is 5.97 Å². The van der Waals surface area contributed by atoms with Crippen LogP contribution in [0.1, 0.15) is 16.7 Å². The Morgan fingerprint density at radius 3 is 2.05 bits per heavy atom. The van der Waals surface area contributed by atoms with E-state index in [1.54, 1.807) is 12.1 Å². The SMILES string of the molecule is O=C(O)Cc1cc(I)c(Cc2ccc(O)cc2)c(I)c1. The van der Waals surface area contributed by atoms with Gasteiger partial charge in [-0.3, -0.25) is 4.79 Å². The second-order valence-corrected chi connectivity index (χ2v) is 6.78. The molecule has 2 aromatic rings. The van der Waals surface area contributed by atoms with E-state index in [2.05, 4.69) is 45.2 Å². The van der Waals surface area contributed by atoms with Crippen LogP contribution >= 0.6 is 45.2 Å². The maximum absolute atomic E-state index is 10.8. The maximum atomic E-state index is 10.8.